The first-order valence-electron chi connectivity index (χ1n) is 8.03. The highest BCUT2D eigenvalue weighted by Gasteiger charge is 2.38. The summed E-state index contributed by atoms with van der Waals surface area (Å²) in [5.41, 5.74) is 2.97. The van der Waals surface area contributed by atoms with Crippen LogP contribution in [0, 0.1) is 0 Å². The number of halogens is 1. The Hall–Kier alpha value is -2.60. The summed E-state index contributed by atoms with van der Waals surface area (Å²) < 4.78 is 0.964. The molecule has 1 fully saturated rings. The maximum Gasteiger partial charge on any atom is 0.325 e. The molecule has 0 aliphatic carbocycles. The van der Waals surface area contributed by atoms with Gasteiger partial charge in [0.15, 0.2) is 0 Å². The van der Waals surface area contributed by atoms with Crippen LogP contribution < -0.4 is 5.32 Å². The summed E-state index contributed by atoms with van der Waals surface area (Å²) in [4.78, 5) is 29.4. The van der Waals surface area contributed by atoms with E-state index >= 15 is 0 Å². The second-order valence-corrected chi connectivity index (χ2v) is 7.03. The number of fused-ring (bicyclic) bond motifs is 1. The zero-order valence-corrected chi connectivity index (χ0v) is 14.9. The van der Waals surface area contributed by atoms with E-state index < -0.39 is 6.04 Å². The van der Waals surface area contributed by atoms with Crippen LogP contribution in [0.25, 0.3) is 10.9 Å². The van der Waals surface area contributed by atoms with Crippen LogP contribution in [0.2, 0.25) is 0 Å². The molecule has 0 spiro atoms. The molecular formula is C19H16BrN3O2. The highest BCUT2D eigenvalue weighted by atomic mass is 79.9. The third-order valence-corrected chi connectivity index (χ3v) is 4.99. The van der Waals surface area contributed by atoms with Gasteiger partial charge in [0.2, 0.25) is 0 Å². The van der Waals surface area contributed by atoms with Gasteiger partial charge in [-0.3, -0.25) is 9.69 Å². The standard InChI is InChI=1S/C19H16BrN3O2/c20-14-7-5-12(6-8-14)11-23-18(24)17(22-19(23)25)9-13-10-21-16-4-2-1-3-15(13)16/h1-8,10,17,21H,9,11H2,(H,22,25)/t17-/m1/s1. The summed E-state index contributed by atoms with van der Waals surface area (Å²) in [5.74, 6) is -0.182. The normalized spacial score (nSPS) is 17.3. The molecule has 2 heterocycles. The number of H-pyrrole nitrogens is 1. The number of nitrogens with one attached hydrogen (secondary N) is 2. The summed E-state index contributed by atoms with van der Waals surface area (Å²) in [6.07, 6.45) is 2.38. The molecule has 0 bridgehead atoms. The van der Waals surface area contributed by atoms with Crippen molar-refractivity contribution in [2.75, 3.05) is 0 Å². The van der Waals surface area contributed by atoms with E-state index in [0.29, 0.717) is 6.42 Å². The lowest BCUT2D eigenvalue weighted by Gasteiger charge is -2.13. The SMILES string of the molecule is O=C1N[C@H](Cc2c[nH]c3ccccc23)C(=O)N1Cc1ccc(Br)cc1. The highest BCUT2D eigenvalue weighted by Crippen LogP contribution is 2.22. The van der Waals surface area contributed by atoms with Crippen LogP contribution in [0.5, 0.6) is 0 Å². The second-order valence-electron chi connectivity index (χ2n) is 6.12. The number of amides is 3. The molecule has 3 amide bonds. The van der Waals surface area contributed by atoms with Crippen molar-refractivity contribution in [2.24, 2.45) is 0 Å². The first kappa shape index (κ1) is 15.9. The number of carbonyl (C=O) groups is 2. The maximum atomic E-state index is 12.7. The minimum Gasteiger partial charge on any atom is -0.361 e. The molecule has 2 aromatic carbocycles. The summed E-state index contributed by atoms with van der Waals surface area (Å²) in [6, 6.07) is 14.7. The van der Waals surface area contributed by atoms with Gasteiger partial charge in [-0.1, -0.05) is 46.3 Å². The molecule has 1 saturated heterocycles. The molecule has 0 radical (unpaired) electrons. The topological polar surface area (TPSA) is 65.2 Å². The molecule has 2 N–H and O–H groups in total. The van der Waals surface area contributed by atoms with Crippen molar-refractivity contribution in [3.05, 3.63) is 70.3 Å². The van der Waals surface area contributed by atoms with Crippen molar-refractivity contribution in [1.82, 2.24) is 15.2 Å². The maximum absolute atomic E-state index is 12.7. The number of imide groups is 1. The van der Waals surface area contributed by atoms with Gasteiger partial charge in [0.05, 0.1) is 6.54 Å². The molecule has 0 unspecified atom stereocenters. The monoisotopic (exact) mass is 397 g/mol. The largest absolute Gasteiger partial charge is 0.361 e. The predicted molar refractivity (Wildman–Crippen MR) is 99.0 cm³/mol. The number of nitrogens with zero attached hydrogens (tertiary/aromatic N) is 1. The van der Waals surface area contributed by atoms with Crippen LogP contribution in [-0.2, 0) is 17.8 Å². The molecule has 25 heavy (non-hydrogen) atoms. The van der Waals surface area contributed by atoms with Gasteiger partial charge in [0.25, 0.3) is 5.91 Å². The third kappa shape index (κ3) is 3.05. The Kier molecular flexibility index (Phi) is 4.05. The van der Waals surface area contributed by atoms with Gasteiger partial charge in [-0.2, -0.15) is 0 Å². The van der Waals surface area contributed by atoms with Crippen molar-refractivity contribution >= 4 is 38.8 Å². The van der Waals surface area contributed by atoms with E-state index in [1.807, 2.05) is 54.7 Å². The van der Waals surface area contributed by atoms with Crippen molar-refractivity contribution in [3.63, 3.8) is 0 Å². The van der Waals surface area contributed by atoms with Crippen molar-refractivity contribution in [1.29, 1.82) is 0 Å². The van der Waals surface area contributed by atoms with E-state index in [2.05, 4.69) is 26.2 Å². The lowest BCUT2D eigenvalue weighted by Crippen LogP contribution is -2.32. The molecule has 4 rings (SSSR count). The lowest BCUT2D eigenvalue weighted by atomic mass is 10.0. The lowest BCUT2D eigenvalue weighted by molar-refractivity contribution is -0.127. The number of para-hydroxylation sites is 1. The molecule has 126 valence electrons. The Morgan fingerprint density at radius 3 is 2.60 bits per heavy atom. The fourth-order valence-corrected chi connectivity index (χ4v) is 3.42. The molecule has 1 atom stereocenters. The number of aromatic amines is 1. The smallest absolute Gasteiger partial charge is 0.325 e. The minimum absolute atomic E-state index is 0.182. The quantitative estimate of drug-likeness (QED) is 0.660. The molecule has 6 heteroatoms. The van der Waals surface area contributed by atoms with E-state index in [9.17, 15) is 9.59 Å². The number of aromatic nitrogens is 1. The van der Waals surface area contributed by atoms with E-state index in [4.69, 9.17) is 0 Å². The third-order valence-electron chi connectivity index (χ3n) is 4.46. The van der Waals surface area contributed by atoms with Crippen LogP contribution in [0.15, 0.2) is 59.2 Å². The Balaban J connectivity index is 1.51. The van der Waals surface area contributed by atoms with Crippen LogP contribution in [-0.4, -0.2) is 27.9 Å². The summed E-state index contributed by atoms with van der Waals surface area (Å²) in [7, 11) is 0. The van der Waals surface area contributed by atoms with Gasteiger partial charge in [0, 0.05) is 28.0 Å². The Labute approximate surface area is 153 Å². The molecule has 1 aliphatic heterocycles. The average Bonchev–Trinajstić information content (AvgIpc) is 3.14. The van der Waals surface area contributed by atoms with Gasteiger partial charge in [-0.15, -0.1) is 0 Å². The Bertz CT molecular complexity index is 949. The number of hydrogen-bond donors (Lipinski definition) is 2. The van der Waals surface area contributed by atoms with Crippen molar-refractivity contribution < 1.29 is 9.59 Å². The van der Waals surface area contributed by atoms with E-state index in [-0.39, 0.29) is 18.5 Å². The zero-order valence-electron chi connectivity index (χ0n) is 13.3. The second kappa shape index (κ2) is 6.37. The zero-order chi connectivity index (χ0) is 17.4. The van der Waals surface area contributed by atoms with Gasteiger partial charge in [-0.25, -0.2) is 4.79 Å². The Morgan fingerprint density at radius 2 is 1.80 bits per heavy atom. The first-order valence-corrected chi connectivity index (χ1v) is 8.82. The van der Waals surface area contributed by atoms with Gasteiger partial charge in [-0.05, 0) is 29.3 Å². The number of rotatable bonds is 4. The molecule has 3 aromatic rings. The molecule has 0 saturated carbocycles. The minimum atomic E-state index is -0.526. The molecule has 1 aliphatic rings. The average molecular weight is 398 g/mol. The fraction of sp³-hybridized carbons (Fsp3) is 0.158. The van der Waals surface area contributed by atoms with E-state index in [1.165, 1.54) is 4.90 Å². The molecule has 5 nitrogen and oxygen atoms in total. The summed E-state index contributed by atoms with van der Waals surface area (Å²) in [5, 5.41) is 3.88. The van der Waals surface area contributed by atoms with Gasteiger partial charge >= 0.3 is 6.03 Å². The molecular weight excluding hydrogens is 382 g/mol. The number of urea groups is 1. The van der Waals surface area contributed by atoms with Crippen LogP contribution in [0.1, 0.15) is 11.1 Å². The predicted octanol–water partition coefficient (Wildman–Crippen LogP) is 3.59. The van der Waals surface area contributed by atoms with Gasteiger partial charge < -0.3 is 10.3 Å². The number of carbonyl (C=O) groups excluding carboxylic acids is 2. The van der Waals surface area contributed by atoms with Crippen LogP contribution in [0.3, 0.4) is 0 Å². The number of benzene rings is 2. The molecule has 1 aromatic heterocycles. The van der Waals surface area contributed by atoms with Crippen molar-refractivity contribution in [2.45, 2.75) is 19.0 Å². The van der Waals surface area contributed by atoms with Crippen LogP contribution in [0.4, 0.5) is 4.79 Å². The summed E-state index contributed by atoms with van der Waals surface area (Å²) >= 11 is 3.38. The first-order chi connectivity index (χ1) is 12.1. The van der Waals surface area contributed by atoms with Gasteiger partial charge in [0.1, 0.15) is 6.04 Å². The van der Waals surface area contributed by atoms with E-state index in [0.717, 1.165) is 26.5 Å². The Morgan fingerprint density at radius 1 is 1.04 bits per heavy atom. The summed E-state index contributed by atoms with van der Waals surface area (Å²) in [6.45, 7) is 0.280. The highest BCUT2D eigenvalue weighted by molar-refractivity contribution is 9.10. The number of hydrogen-bond acceptors (Lipinski definition) is 2. The van der Waals surface area contributed by atoms with Crippen molar-refractivity contribution in [3.8, 4) is 0 Å². The van der Waals surface area contributed by atoms with Crippen LogP contribution >= 0.6 is 15.9 Å². The fourth-order valence-electron chi connectivity index (χ4n) is 3.16. The van der Waals surface area contributed by atoms with E-state index in [1.54, 1.807) is 0 Å².